The molecule has 0 aliphatic carbocycles. The predicted molar refractivity (Wildman–Crippen MR) is 112 cm³/mol. The number of nitrogens with one attached hydrogen (secondary N) is 1. The molecule has 1 heterocycles. The maximum absolute atomic E-state index is 12.3. The van der Waals surface area contributed by atoms with Crippen LogP contribution in [0.15, 0.2) is 59.8 Å². The number of benzene rings is 2. The van der Waals surface area contributed by atoms with Crippen LogP contribution in [0.5, 0.6) is 0 Å². The van der Waals surface area contributed by atoms with Gasteiger partial charge in [-0.05, 0) is 24.6 Å². The summed E-state index contributed by atoms with van der Waals surface area (Å²) in [5.41, 5.74) is 1.74. The average molecular weight is 411 g/mol. The SMILES string of the molecule is CCCOC(=O)c1cccc(NC(=O)CSc2nnc(-c3ccccc3)n2N)c1. The fourth-order valence-electron chi connectivity index (χ4n) is 2.49. The number of thioether (sulfide) groups is 1. The van der Waals surface area contributed by atoms with Crippen LogP contribution >= 0.6 is 11.8 Å². The van der Waals surface area contributed by atoms with E-state index in [2.05, 4.69) is 15.5 Å². The normalized spacial score (nSPS) is 10.5. The molecule has 3 aromatic rings. The zero-order valence-electron chi connectivity index (χ0n) is 15.9. The molecule has 0 saturated carbocycles. The number of carbonyl (C=O) groups excluding carboxylic acids is 2. The molecule has 0 aliphatic rings. The number of rotatable bonds is 8. The molecule has 150 valence electrons. The van der Waals surface area contributed by atoms with Crippen molar-refractivity contribution in [2.45, 2.75) is 18.5 Å². The van der Waals surface area contributed by atoms with Crippen LogP contribution in [0.2, 0.25) is 0 Å². The molecule has 0 saturated heterocycles. The summed E-state index contributed by atoms with van der Waals surface area (Å²) < 4.78 is 6.47. The molecule has 0 unspecified atom stereocenters. The number of aromatic nitrogens is 3. The van der Waals surface area contributed by atoms with Gasteiger partial charge in [-0.3, -0.25) is 4.79 Å². The molecule has 8 nitrogen and oxygen atoms in total. The third-order valence-electron chi connectivity index (χ3n) is 3.85. The van der Waals surface area contributed by atoms with Gasteiger partial charge >= 0.3 is 5.97 Å². The lowest BCUT2D eigenvalue weighted by Gasteiger charge is -2.08. The molecule has 3 rings (SSSR count). The fraction of sp³-hybridized carbons (Fsp3) is 0.200. The lowest BCUT2D eigenvalue weighted by Crippen LogP contribution is -2.16. The average Bonchev–Trinajstić information content (AvgIpc) is 3.11. The van der Waals surface area contributed by atoms with Crippen molar-refractivity contribution in [3.05, 3.63) is 60.2 Å². The minimum absolute atomic E-state index is 0.0919. The van der Waals surface area contributed by atoms with Gasteiger partial charge in [0.05, 0.1) is 17.9 Å². The van der Waals surface area contributed by atoms with Gasteiger partial charge in [0.2, 0.25) is 11.1 Å². The van der Waals surface area contributed by atoms with Gasteiger partial charge in [0.1, 0.15) is 0 Å². The Bertz CT molecular complexity index is 991. The monoisotopic (exact) mass is 411 g/mol. The van der Waals surface area contributed by atoms with Crippen LogP contribution in [0.25, 0.3) is 11.4 Å². The van der Waals surface area contributed by atoms with E-state index in [1.54, 1.807) is 24.3 Å². The molecule has 0 radical (unpaired) electrons. The number of nitrogens with zero attached hydrogens (tertiary/aromatic N) is 3. The first kappa shape index (κ1) is 20.4. The lowest BCUT2D eigenvalue weighted by molar-refractivity contribution is -0.113. The Labute approximate surface area is 172 Å². The summed E-state index contributed by atoms with van der Waals surface area (Å²) in [5.74, 6) is 6.00. The van der Waals surface area contributed by atoms with E-state index in [0.717, 1.165) is 12.0 Å². The second-order valence-corrected chi connectivity index (χ2v) is 7.04. The Balaban J connectivity index is 1.58. The Morgan fingerprint density at radius 3 is 2.69 bits per heavy atom. The van der Waals surface area contributed by atoms with Crippen LogP contribution in [0.1, 0.15) is 23.7 Å². The molecule has 0 fully saturated rings. The Morgan fingerprint density at radius 2 is 1.93 bits per heavy atom. The van der Waals surface area contributed by atoms with Gasteiger partial charge in [-0.2, -0.15) is 0 Å². The molecule has 2 aromatic carbocycles. The van der Waals surface area contributed by atoms with Crippen LogP contribution < -0.4 is 11.2 Å². The summed E-state index contributed by atoms with van der Waals surface area (Å²) in [4.78, 5) is 24.2. The number of ether oxygens (including phenoxy) is 1. The molecule has 1 amide bonds. The van der Waals surface area contributed by atoms with Crippen LogP contribution in [-0.2, 0) is 9.53 Å². The fourth-order valence-corrected chi connectivity index (χ4v) is 3.15. The molecule has 0 bridgehead atoms. The molecular weight excluding hydrogens is 390 g/mol. The maximum atomic E-state index is 12.3. The van der Waals surface area contributed by atoms with Gasteiger partial charge in [-0.1, -0.05) is 55.1 Å². The van der Waals surface area contributed by atoms with Gasteiger partial charge in [0.25, 0.3) is 0 Å². The largest absolute Gasteiger partial charge is 0.462 e. The van der Waals surface area contributed by atoms with E-state index < -0.39 is 5.97 Å². The Kier molecular flexibility index (Phi) is 6.85. The second-order valence-electron chi connectivity index (χ2n) is 6.10. The van der Waals surface area contributed by atoms with Crippen LogP contribution in [0.3, 0.4) is 0 Å². The molecular formula is C20H21N5O3S. The number of nitrogen functional groups attached to an aromatic ring is 1. The summed E-state index contributed by atoms with van der Waals surface area (Å²) in [6.07, 6.45) is 0.747. The molecule has 3 N–H and O–H groups in total. The number of esters is 1. The highest BCUT2D eigenvalue weighted by atomic mass is 32.2. The highest BCUT2D eigenvalue weighted by molar-refractivity contribution is 7.99. The van der Waals surface area contributed by atoms with Crippen molar-refractivity contribution in [2.24, 2.45) is 0 Å². The topological polar surface area (TPSA) is 112 Å². The quantitative estimate of drug-likeness (QED) is 0.333. The standard InChI is InChI=1S/C20H21N5O3S/c1-2-11-28-19(27)15-9-6-10-16(12-15)22-17(26)13-29-20-24-23-18(25(20)21)14-7-4-3-5-8-14/h3-10,12H,2,11,13,21H2,1H3,(H,22,26). The lowest BCUT2D eigenvalue weighted by atomic mass is 10.2. The third-order valence-corrected chi connectivity index (χ3v) is 4.79. The Morgan fingerprint density at radius 1 is 1.14 bits per heavy atom. The number of carbonyl (C=O) groups is 2. The van der Waals surface area contributed by atoms with Crippen molar-refractivity contribution >= 4 is 29.3 Å². The zero-order valence-corrected chi connectivity index (χ0v) is 16.7. The first-order valence-electron chi connectivity index (χ1n) is 9.04. The second kappa shape index (κ2) is 9.74. The first-order chi connectivity index (χ1) is 14.1. The van der Waals surface area contributed by atoms with Gasteiger partial charge in [-0.25, -0.2) is 9.47 Å². The molecule has 0 aliphatic heterocycles. The number of hydrogen-bond acceptors (Lipinski definition) is 7. The predicted octanol–water partition coefficient (Wildman–Crippen LogP) is 2.96. The number of anilines is 1. The number of amides is 1. The van der Waals surface area contributed by atoms with Gasteiger partial charge in [0, 0.05) is 11.3 Å². The number of hydrogen-bond donors (Lipinski definition) is 2. The van der Waals surface area contributed by atoms with Gasteiger partial charge < -0.3 is 15.9 Å². The minimum Gasteiger partial charge on any atom is -0.462 e. The van der Waals surface area contributed by atoms with E-state index in [1.807, 2.05) is 37.3 Å². The van der Waals surface area contributed by atoms with E-state index >= 15 is 0 Å². The molecule has 0 atom stereocenters. The summed E-state index contributed by atoms with van der Waals surface area (Å²) >= 11 is 1.17. The van der Waals surface area contributed by atoms with Crippen molar-refractivity contribution in [3.63, 3.8) is 0 Å². The smallest absolute Gasteiger partial charge is 0.338 e. The van der Waals surface area contributed by atoms with Crippen molar-refractivity contribution in [1.82, 2.24) is 14.9 Å². The Hall–Kier alpha value is -3.33. The van der Waals surface area contributed by atoms with E-state index in [9.17, 15) is 9.59 Å². The van der Waals surface area contributed by atoms with E-state index in [4.69, 9.17) is 10.6 Å². The van der Waals surface area contributed by atoms with E-state index in [-0.39, 0.29) is 11.7 Å². The molecule has 9 heteroatoms. The van der Waals surface area contributed by atoms with Crippen LogP contribution in [0.4, 0.5) is 5.69 Å². The highest BCUT2D eigenvalue weighted by Crippen LogP contribution is 2.21. The van der Waals surface area contributed by atoms with Gasteiger partial charge in [0.15, 0.2) is 5.82 Å². The van der Waals surface area contributed by atoms with E-state index in [0.29, 0.717) is 28.8 Å². The van der Waals surface area contributed by atoms with Gasteiger partial charge in [-0.15, -0.1) is 10.2 Å². The molecule has 29 heavy (non-hydrogen) atoms. The highest BCUT2D eigenvalue weighted by Gasteiger charge is 2.14. The summed E-state index contributed by atoms with van der Waals surface area (Å²) in [7, 11) is 0. The zero-order chi connectivity index (χ0) is 20.6. The van der Waals surface area contributed by atoms with E-state index in [1.165, 1.54) is 16.4 Å². The van der Waals surface area contributed by atoms with Crippen molar-refractivity contribution in [3.8, 4) is 11.4 Å². The van der Waals surface area contributed by atoms with Crippen molar-refractivity contribution in [1.29, 1.82) is 0 Å². The van der Waals surface area contributed by atoms with Crippen LogP contribution in [0, 0.1) is 0 Å². The van der Waals surface area contributed by atoms with Crippen molar-refractivity contribution in [2.75, 3.05) is 23.5 Å². The molecule has 1 aromatic heterocycles. The van der Waals surface area contributed by atoms with Crippen molar-refractivity contribution < 1.29 is 14.3 Å². The minimum atomic E-state index is -0.415. The third kappa shape index (κ3) is 5.35. The molecule has 0 spiro atoms. The summed E-state index contributed by atoms with van der Waals surface area (Å²) in [5, 5.41) is 11.3. The summed E-state index contributed by atoms with van der Waals surface area (Å²) in [6, 6.07) is 16.1. The first-order valence-corrected chi connectivity index (χ1v) is 10.0. The number of nitrogens with two attached hydrogens (primary N) is 1. The maximum Gasteiger partial charge on any atom is 0.338 e. The van der Waals surface area contributed by atoms with Crippen LogP contribution in [-0.4, -0.2) is 39.1 Å². The summed E-state index contributed by atoms with van der Waals surface area (Å²) in [6.45, 7) is 2.28.